The fourth-order valence-electron chi connectivity index (χ4n) is 2.69. The van der Waals surface area contributed by atoms with Gasteiger partial charge in [0.15, 0.2) is 0 Å². The summed E-state index contributed by atoms with van der Waals surface area (Å²) >= 11 is 7.53. The molecule has 124 valence electrons. The summed E-state index contributed by atoms with van der Waals surface area (Å²) in [6.07, 6.45) is 0. The van der Waals surface area contributed by atoms with Crippen LogP contribution in [0.1, 0.15) is 24.5 Å². The molecule has 2 aromatic rings. The molecule has 1 saturated heterocycles. The Labute approximate surface area is 146 Å². The Morgan fingerprint density at radius 1 is 1.35 bits per heavy atom. The molecule has 3 rings (SSSR count). The summed E-state index contributed by atoms with van der Waals surface area (Å²) in [4.78, 5) is 7.19. The minimum absolute atomic E-state index is 0.500. The quantitative estimate of drug-likeness (QED) is 0.893. The lowest BCUT2D eigenvalue weighted by Crippen LogP contribution is -2.53. The number of hydrogen-bond donors (Lipinski definition) is 1. The third kappa shape index (κ3) is 4.67. The molecule has 0 aliphatic carbocycles. The molecule has 0 saturated carbocycles. The smallest absolute Gasteiger partial charge is 0.140 e. The molecule has 1 aliphatic rings. The van der Waals surface area contributed by atoms with Crippen molar-refractivity contribution in [1.29, 1.82) is 0 Å². The predicted octanol–water partition coefficient (Wildman–Crippen LogP) is 3.56. The Kier molecular flexibility index (Phi) is 5.54. The van der Waals surface area contributed by atoms with Gasteiger partial charge < -0.3 is 10.1 Å². The van der Waals surface area contributed by atoms with Crippen molar-refractivity contribution < 1.29 is 4.74 Å². The summed E-state index contributed by atoms with van der Waals surface area (Å²) in [6.45, 7) is 8.00. The molecule has 1 aliphatic heterocycles. The number of nitrogens with one attached hydrogen (secondary N) is 1. The normalized spacial score (nSPS) is 22.2. The van der Waals surface area contributed by atoms with Gasteiger partial charge >= 0.3 is 0 Å². The second-order valence-electron chi connectivity index (χ2n) is 6.06. The van der Waals surface area contributed by atoms with Gasteiger partial charge in [-0.25, -0.2) is 4.98 Å². The van der Waals surface area contributed by atoms with Crippen molar-refractivity contribution in [2.24, 2.45) is 0 Å². The zero-order valence-corrected chi connectivity index (χ0v) is 15.0. The third-order valence-electron chi connectivity index (χ3n) is 4.03. The van der Waals surface area contributed by atoms with Gasteiger partial charge in [0.1, 0.15) is 17.4 Å². The summed E-state index contributed by atoms with van der Waals surface area (Å²) in [6, 6.07) is 8.49. The fraction of sp³-hybridized carbons (Fsp3) is 0.471. The van der Waals surface area contributed by atoms with E-state index in [4.69, 9.17) is 21.3 Å². The van der Waals surface area contributed by atoms with Crippen molar-refractivity contribution in [3.8, 4) is 5.75 Å². The maximum atomic E-state index is 5.87. The second-order valence-corrected chi connectivity index (χ2v) is 7.44. The van der Waals surface area contributed by atoms with E-state index in [1.54, 1.807) is 11.3 Å². The van der Waals surface area contributed by atoms with Crippen LogP contribution in [0.4, 0.5) is 0 Å². The Balaban J connectivity index is 1.54. The summed E-state index contributed by atoms with van der Waals surface area (Å²) in [5.41, 5.74) is 1.13. The Morgan fingerprint density at radius 2 is 2.13 bits per heavy atom. The van der Waals surface area contributed by atoms with Gasteiger partial charge in [-0.3, -0.25) is 4.90 Å². The number of nitrogens with zero attached hydrogens (tertiary/aromatic N) is 2. The van der Waals surface area contributed by atoms with Gasteiger partial charge in [-0.05, 0) is 38.1 Å². The van der Waals surface area contributed by atoms with Crippen LogP contribution in [-0.4, -0.2) is 35.1 Å². The van der Waals surface area contributed by atoms with Crippen LogP contribution in [0.3, 0.4) is 0 Å². The van der Waals surface area contributed by atoms with E-state index in [1.807, 2.05) is 24.3 Å². The minimum Gasteiger partial charge on any atom is -0.486 e. The fourth-order valence-corrected chi connectivity index (χ4v) is 3.51. The molecule has 23 heavy (non-hydrogen) atoms. The highest BCUT2D eigenvalue weighted by molar-refractivity contribution is 7.09. The largest absolute Gasteiger partial charge is 0.486 e. The standard InChI is InChI=1S/C17H22ClN3OS/c1-12-8-21(13(2)7-19-12)9-15-11-23-17(20-15)10-22-16-5-3-14(18)4-6-16/h3-6,11-13,19H,7-10H2,1-2H3. The molecule has 0 radical (unpaired) electrons. The molecule has 2 heterocycles. The maximum absolute atomic E-state index is 5.87. The lowest BCUT2D eigenvalue weighted by atomic mass is 10.1. The highest BCUT2D eigenvalue weighted by atomic mass is 35.5. The topological polar surface area (TPSA) is 37.4 Å². The van der Waals surface area contributed by atoms with Crippen molar-refractivity contribution in [2.45, 2.75) is 39.1 Å². The van der Waals surface area contributed by atoms with Crippen LogP contribution in [0.2, 0.25) is 5.02 Å². The van der Waals surface area contributed by atoms with Gasteiger partial charge in [-0.15, -0.1) is 11.3 Å². The second kappa shape index (κ2) is 7.62. The molecule has 0 spiro atoms. The van der Waals surface area contributed by atoms with Crippen LogP contribution in [0.15, 0.2) is 29.6 Å². The lowest BCUT2D eigenvalue weighted by molar-refractivity contribution is 0.137. The van der Waals surface area contributed by atoms with Crippen LogP contribution in [0, 0.1) is 0 Å². The van der Waals surface area contributed by atoms with E-state index in [-0.39, 0.29) is 0 Å². The van der Waals surface area contributed by atoms with E-state index in [1.165, 1.54) is 0 Å². The van der Waals surface area contributed by atoms with Crippen molar-refractivity contribution in [1.82, 2.24) is 15.2 Å². The third-order valence-corrected chi connectivity index (χ3v) is 5.16. The lowest BCUT2D eigenvalue weighted by Gasteiger charge is -2.37. The molecule has 1 aromatic carbocycles. The molecule has 2 unspecified atom stereocenters. The molecule has 1 N–H and O–H groups in total. The van der Waals surface area contributed by atoms with Gasteiger partial charge in [0.2, 0.25) is 0 Å². The highest BCUT2D eigenvalue weighted by Gasteiger charge is 2.22. The van der Waals surface area contributed by atoms with Gasteiger partial charge in [0.25, 0.3) is 0 Å². The zero-order chi connectivity index (χ0) is 16.2. The Hall–Kier alpha value is -1.14. The number of ether oxygens (including phenoxy) is 1. The molecule has 0 bridgehead atoms. The first-order valence-corrected chi connectivity index (χ1v) is 9.15. The summed E-state index contributed by atoms with van der Waals surface area (Å²) in [7, 11) is 0. The number of piperazine rings is 1. The zero-order valence-electron chi connectivity index (χ0n) is 13.5. The first-order chi connectivity index (χ1) is 11.1. The van der Waals surface area contributed by atoms with E-state index in [9.17, 15) is 0 Å². The highest BCUT2D eigenvalue weighted by Crippen LogP contribution is 2.19. The Morgan fingerprint density at radius 3 is 2.91 bits per heavy atom. The minimum atomic E-state index is 0.500. The monoisotopic (exact) mass is 351 g/mol. The number of benzene rings is 1. The summed E-state index contributed by atoms with van der Waals surface area (Å²) in [5, 5.41) is 7.37. The maximum Gasteiger partial charge on any atom is 0.140 e. The molecule has 2 atom stereocenters. The molecule has 0 amide bonds. The molecule has 1 aromatic heterocycles. The van der Waals surface area contributed by atoms with Gasteiger partial charge in [-0.1, -0.05) is 11.6 Å². The first-order valence-electron chi connectivity index (χ1n) is 7.89. The van der Waals surface area contributed by atoms with Crippen LogP contribution in [0.25, 0.3) is 0 Å². The molecule has 6 heteroatoms. The van der Waals surface area contributed by atoms with Crippen LogP contribution >= 0.6 is 22.9 Å². The van der Waals surface area contributed by atoms with Crippen LogP contribution in [-0.2, 0) is 13.2 Å². The average Bonchev–Trinajstić information content (AvgIpc) is 2.98. The Bertz CT molecular complexity index is 631. The van der Waals surface area contributed by atoms with Gasteiger partial charge in [0.05, 0.1) is 5.69 Å². The number of thiazole rings is 1. The van der Waals surface area contributed by atoms with Gasteiger partial charge in [-0.2, -0.15) is 0 Å². The van der Waals surface area contributed by atoms with E-state index in [2.05, 4.69) is 29.4 Å². The van der Waals surface area contributed by atoms with Crippen molar-refractivity contribution in [2.75, 3.05) is 13.1 Å². The molecular formula is C17H22ClN3OS. The predicted molar refractivity (Wildman–Crippen MR) is 95.2 cm³/mol. The molecule has 4 nitrogen and oxygen atoms in total. The average molecular weight is 352 g/mol. The first kappa shape index (κ1) is 16.7. The molecule has 1 fully saturated rings. The number of hydrogen-bond acceptors (Lipinski definition) is 5. The van der Waals surface area contributed by atoms with Crippen molar-refractivity contribution in [3.05, 3.63) is 45.4 Å². The SMILES string of the molecule is CC1CN(Cc2csc(COc3ccc(Cl)cc3)n2)C(C)CN1. The van der Waals surface area contributed by atoms with Crippen LogP contribution in [0.5, 0.6) is 5.75 Å². The van der Waals surface area contributed by atoms with E-state index in [0.717, 1.165) is 36.1 Å². The van der Waals surface area contributed by atoms with E-state index in [0.29, 0.717) is 23.7 Å². The van der Waals surface area contributed by atoms with E-state index < -0.39 is 0 Å². The molecular weight excluding hydrogens is 330 g/mol. The number of rotatable bonds is 5. The summed E-state index contributed by atoms with van der Waals surface area (Å²) < 4.78 is 5.75. The number of aromatic nitrogens is 1. The van der Waals surface area contributed by atoms with Gasteiger partial charge in [0, 0.05) is 42.1 Å². The van der Waals surface area contributed by atoms with Crippen molar-refractivity contribution >= 4 is 22.9 Å². The summed E-state index contributed by atoms with van der Waals surface area (Å²) in [5.74, 6) is 0.815. The van der Waals surface area contributed by atoms with Crippen LogP contribution < -0.4 is 10.1 Å². The number of halogens is 1. The van der Waals surface area contributed by atoms with E-state index >= 15 is 0 Å². The van der Waals surface area contributed by atoms with Crippen molar-refractivity contribution in [3.63, 3.8) is 0 Å².